The molecule has 1 saturated carbocycles. The number of ether oxygens (including phenoxy) is 1. The summed E-state index contributed by atoms with van der Waals surface area (Å²) in [6.07, 6.45) is 9.50. The first-order valence-corrected chi connectivity index (χ1v) is 21.2. The molecule has 2 saturated heterocycles. The lowest BCUT2D eigenvalue weighted by Crippen LogP contribution is -2.50. The summed E-state index contributed by atoms with van der Waals surface area (Å²) >= 11 is 0. The minimum Gasteiger partial charge on any atom is -0.496 e. The van der Waals surface area contributed by atoms with Crippen molar-refractivity contribution in [3.05, 3.63) is 54.1 Å². The van der Waals surface area contributed by atoms with Crippen molar-refractivity contribution in [3.63, 3.8) is 0 Å². The van der Waals surface area contributed by atoms with Gasteiger partial charge in [0.25, 0.3) is 10.2 Å². The fraction of sp³-hybridized carbons (Fsp3) is 0.676. The Labute approximate surface area is 296 Å². The molecule has 0 N–H and O–H groups in total. The highest BCUT2D eigenvalue weighted by atomic mass is 32.2. The topological polar surface area (TPSA) is 93.7 Å². The summed E-state index contributed by atoms with van der Waals surface area (Å²) in [5.41, 5.74) is 1.98. The maximum absolute atomic E-state index is 14.5. The van der Waals surface area contributed by atoms with E-state index in [1.165, 1.54) is 32.1 Å². The standard InChI is InChI=1S/C37H59N5O5S2/c1-31-27-40(48(43,44)35-20-18-34(19-21-35)38(2)3)25-11-22-39(29-32-13-6-5-7-14-32)23-12-26-41(28-31)49(45,46)42-24-10-15-33(30-42)36-16-8-9-17-37(36)47-4/h8-9,16-21,31-33H,5-7,10-15,22-30H2,1-4H3/t31-,33-/m0/s1. The van der Waals surface area contributed by atoms with E-state index < -0.39 is 20.2 Å². The molecular weight excluding hydrogens is 659 g/mol. The first kappa shape index (κ1) is 38.0. The maximum Gasteiger partial charge on any atom is 0.282 e. The van der Waals surface area contributed by atoms with E-state index in [2.05, 4.69) is 4.90 Å². The van der Waals surface area contributed by atoms with Crippen LogP contribution >= 0.6 is 0 Å². The molecule has 2 aromatic carbocycles. The lowest BCUT2D eigenvalue weighted by atomic mass is 9.89. The molecule has 0 radical (unpaired) electrons. The van der Waals surface area contributed by atoms with Crippen molar-refractivity contribution >= 4 is 25.9 Å². The van der Waals surface area contributed by atoms with Crippen LogP contribution in [0.25, 0.3) is 0 Å². The van der Waals surface area contributed by atoms with Gasteiger partial charge >= 0.3 is 0 Å². The molecule has 0 unspecified atom stereocenters. The minimum absolute atomic E-state index is 0.0510. The van der Waals surface area contributed by atoms with Gasteiger partial charge in [0.15, 0.2) is 0 Å². The minimum atomic E-state index is -3.80. The van der Waals surface area contributed by atoms with Gasteiger partial charge in [0.1, 0.15) is 5.75 Å². The third-order valence-electron chi connectivity index (χ3n) is 10.6. The first-order valence-electron chi connectivity index (χ1n) is 18.4. The number of para-hydroxylation sites is 1. The van der Waals surface area contributed by atoms with Crippen LogP contribution in [-0.2, 0) is 20.2 Å². The van der Waals surface area contributed by atoms with Crippen LogP contribution in [0.5, 0.6) is 5.75 Å². The molecule has 49 heavy (non-hydrogen) atoms. The predicted molar refractivity (Wildman–Crippen MR) is 198 cm³/mol. The molecule has 2 aromatic rings. The summed E-state index contributed by atoms with van der Waals surface area (Å²) in [5, 5.41) is 0. The van der Waals surface area contributed by atoms with Gasteiger partial charge in [-0.05, 0) is 99.3 Å². The Balaban J connectivity index is 1.38. The molecule has 0 amide bonds. The van der Waals surface area contributed by atoms with Crippen LogP contribution in [0.1, 0.15) is 76.2 Å². The normalized spacial score (nSPS) is 24.2. The van der Waals surface area contributed by atoms with Gasteiger partial charge in [0, 0.05) is 71.5 Å². The van der Waals surface area contributed by atoms with Gasteiger partial charge in [-0.15, -0.1) is 0 Å². The van der Waals surface area contributed by atoms with E-state index in [9.17, 15) is 16.8 Å². The van der Waals surface area contributed by atoms with E-state index in [0.717, 1.165) is 62.3 Å². The molecule has 0 bridgehead atoms. The van der Waals surface area contributed by atoms with E-state index in [0.29, 0.717) is 32.1 Å². The van der Waals surface area contributed by atoms with Crippen molar-refractivity contribution in [1.82, 2.24) is 17.8 Å². The molecule has 0 aromatic heterocycles. The number of sulfonamides is 1. The zero-order valence-electron chi connectivity index (χ0n) is 30.2. The molecule has 3 aliphatic rings. The zero-order valence-corrected chi connectivity index (χ0v) is 31.8. The Morgan fingerprint density at radius 2 is 1.33 bits per heavy atom. The van der Waals surface area contributed by atoms with E-state index in [4.69, 9.17) is 4.74 Å². The van der Waals surface area contributed by atoms with Crippen molar-refractivity contribution in [2.75, 3.05) is 85.0 Å². The molecule has 12 heteroatoms. The van der Waals surface area contributed by atoms with E-state index in [-0.39, 0.29) is 29.8 Å². The van der Waals surface area contributed by atoms with Crippen molar-refractivity contribution in [2.24, 2.45) is 11.8 Å². The summed E-state index contributed by atoms with van der Waals surface area (Å²) < 4.78 is 67.8. The Morgan fingerprint density at radius 1 is 0.714 bits per heavy atom. The average Bonchev–Trinajstić information content (AvgIpc) is 3.10. The van der Waals surface area contributed by atoms with Gasteiger partial charge in [-0.2, -0.15) is 21.3 Å². The monoisotopic (exact) mass is 717 g/mol. The third kappa shape index (κ3) is 9.77. The fourth-order valence-corrected chi connectivity index (χ4v) is 11.4. The van der Waals surface area contributed by atoms with Crippen molar-refractivity contribution in [1.29, 1.82) is 0 Å². The Bertz CT molecular complexity index is 1550. The predicted octanol–water partition coefficient (Wildman–Crippen LogP) is 5.49. The number of rotatable bonds is 9. The fourth-order valence-electron chi connectivity index (χ4n) is 7.97. The molecule has 1 aliphatic carbocycles. The third-order valence-corrected chi connectivity index (χ3v) is 14.5. The second-order valence-electron chi connectivity index (χ2n) is 14.7. The quantitative estimate of drug-likeness (QED) is 0.339. The number of hydrogen-bond donors (Lipinski definition) is 0. The lowest BCUT2D eigenvalue weighted by molar-refractivity contribution is 0.178. The summed E-state index contributed by atoms with van der Waals surface area (Å²) in [6, 6.07) is 15.0. The van der Waals surface area contributed by atoms with Crippen molar-refractivity contribution in [3.8, 4) is 5.75 Å². The van der Waals surface area contributed by atoms with Crippen molar-refractivity contribution < 1.29 is 21.6 Å². The number of nitrogens with zero attached hydrogens (tertiary/aromatic N) is 5. The number of benzene rings is 2. The highest BCUT2D eigenvalue weighted by Gasteiger charge is 2.36. The van der Waals surface area contributed by atoms with Crippen LogP contribution in [0.15, 0.2) is 53.4 Å². The lowest BCUT2D eigenvalue weighted by Gasteiger charge is -2.38. The van der Waals surface area contributed by atoms with Gasteiger partial charge in [-0.25, -0.2) is 8.42 Å². The van der Waals surface area contributed by atoms with Gasteiger partial charge in [0.2, 0.25) is 10.0 Å². The molecular formula is C37H59N5O5S2. The zero-order chi connectivity index (χ0) is 35.0. The van der Waals surface area contributed by atoms with Crippen LogP contribution in [0, 0.1) is 11.8 Å². The van der Waals surface area contributed by atoms with Crippen LogP contribution in [0.3, 0.4) is 0 Å². The van der Waals surface area contributed by atoms with Crippen LogP contribution in [-0.4, -0.2) is 115 Å². The van der Waals surface area contributed by atoms with Gasteiger partial charge in [-0.1, -0.05) is 44.4 Å². The second kappa shape index (κ2) is 17.3. The molecule has 5 rings (SSSR count). The van der Waals surface area contributed by atoms with Crippen LogP contribution < -0.4 is 9.64 Å². The highest BCUT2D eigenvalue weighted by molar-refractivity contribution is 7.89. The Morgan fingerprint density at radius 3 is 2.00 bits per heavy atom. The summed E-state index contributed by atoms with van der Waals surface area (Å²) in [7, 11) is -2.05. The molecule has 2 heterocycles. The van der Waals surface area contributed by atoms with E-state index >= 15 is 0 Å². The van der Waals surface area contributed by atoms with Gasteiger partial charge in [-0.3, -0.25) is 0 Å². The molecule has 0 spiro atoms. The maximum atomic E-state index is 14.5. The van der Waals surface area contributed by atoms with Crippen LogP contribution in [0.4, 0.5) is 5.69 Å². The summed E-state index contributed by atoms with van der Waals surface area (Å²) in [6.45, 7) is 6.83. The largest absolute Gasteiger partial charge is 0.496 e. The Kier molecular flexibility index (Phi) is 13.4. The summed E-state index contributed by atoms with van der Waals surface area (Å²) in [5.74, 6) is 1.30. The smallest absolute Gasteiger partial charge is 0.282 e. The average molecular weight is 718 g/mol. The first-order chi connectivity index (χ1) is 23.5. The van der Waals surface area contributed by atoms with E-state index in [1.807, 2.05) is 62.3 Å². The van der Waals surface area contributed by atoms with Gasteiger partial charge in [0.05, 0.1) is 12.0 Å². The summed E-state index contributed by atoms with van der Waals surface area (Å²) in [4.78, 5) is 4.70. The number of anilines is 1. The molecule has 2 atom stereocenters. The molecule has 2 aliphatic heterocycles. The van der Waals surface area contributed by atoms with Crippen molar-refractivity contribution in [2.45, 2.75) is 75.5 Å². The Hall–Kier alpha value is -2.22. The van der Waals surface area contributed by atoms with E-state index in [1.54, 1.807) is 32.2 Å². The molecule has 274 valence electrons. The molecule has 10 nitrogen and oxygen atoms in total. The SMILES string of the molecule is COc1ccccc1[C@H]1CCCN(S(=O)(=O)N2CCCN(CC3CCCCC3)CCCN(S(=O)(=O)c3ccc(N(C)C)cc3)C[C@H](C)C2)C1. The van der Waals surface area contributed by atoms with Crippen LogP contribution in [0.2, 0.25) is 0 Å². The number of hydrogen-bond acceptors (Lipinski definition) is 7. The number of piperidine rings is 1. The number of methoxy groups -OCH3 is 1. The van der Waals surface area contributed by atoms with Gasteiger partial charge < -0.3 is 14.5 Å². The highest BCUT2D eigenvalue weighted by Crippen LogP contribution is 2.35. The molecule has 3 fully saturated rings. The second-order valence-corrected chi connectivity index (χ2v) is 18.5.